The maximum absolute atomic E-state index is 3.37. The van der Waals surface area contributed by atoms with E-state index < -0.39 is 0 Å². The van der Waals surface area contributed by atoms with Crippen LogP contribution in [0.3, 0.4) is 0 Å². The lowest BCUT2D eigenvalue weighted by Gasteiger charge is -2.18. The van der Waals surface area contributed by atoms with Gasteiger partial charge < -0.3 is 4.98 Å². The van der Waals surface area contributed by atoms with Crippen LogP contribution in [0.5, 0.6) is 0 Å². The van der Waals surface area contributed by atoms with Gasteiger partial charge in [0.05, 0.1) is 0 Å². The molecule has 0 radical (unpaired) electrons. The molecule has 0 bridgehead atoms. The fourth-order valence-corrected chi connectivity index (χ4v) is 2.25. The van der Waals surface area contributed by atoms with Crippen LogP contribution < -0.4 is 0 Å². The molecule has 16 heavy (non-hydrogen) atoms. The number of aromatic nitrogens is 1. The monoisotopic (exact) mass is 215 g/mol. The highest BCUT2D eigenvalue weighted by Crippen LogP contribution is 2.25. The molecule has 2 rings (SSSR count). The van der Waals surface area contributed by atoms with Crippen LogP contribution in [0, 0.1) is 5.41 Å². The van der Waals surface area contributed by atoms with E-state index in [2.05, 4.69) is 57.1 Å². The van der Waals surface area contributed by atoms with Crippen molar-refractivity contribution in [1.29, 1.82) is 0 Å². The third-order valence-corrected chi connectivity index (χ3v) is 2.95. The first-order valence-corrected chi connectivity index (χ1v) is 6.08. The Morgan fingerprint density at radius 3 is 2.56 bits per heavy atom. The number of H-pyrrole nitrogens is 1. The van der Waals surface area contributed by atoms with Gasteiger partial charge in [-0.3, -0.25) is 0 Å². The zero-order chi connectivity index (χ0) is 11.8. The van der Waals surface area contributed by atoms with Crippen molar-refractivity contribution in [2.75, 3.05) is 0 Å². The molecular weight excluding hydrogens is 194 g/mol. The van der Waals surface area contributed by atoms with Gasteiger partial charge in [0.25, 0.3) is 0 Å². The zero-order valence-electron chi connectivity index (χ0n) is 10.7. The van der Waals surface area contributed by atoms with Crippen LogP contribution in [-0.4, -0.2) is 4.98 Å². The Balaban J connectivity index is 2.38. The van der Waals surface area contributed by atoms with Gasteiger partial charge >= 0.3 is 0 Å². The Hall–Kier alpha value is -1.24. The minimum atomic E-state index is 0.355. The number of hydrogen-bond acceptors (Lipinski definition) is 0. The number of aromatic amines is 1. The summed E-state index contributed by atoms with van der Waals surface area (Å²) in [6.45, 7) is 9.04. The molecule has 1 aromatic carbocycles. The van der Waals surface area contributed by atoms with Gasteiger partial charge in [-0.2, -0.15) is 0 Å². The topological polar surface area (TPSA) is 15.8 Å². The van der Waals surface area contributed by atoms with E-state index >= 15 is 0 Å². The smallest absolute Gasteiger partial charge is 0.0459 e. The minimum absolute atomic E-state index is 0.355. The average molecular weight is 215 g/mol. The fourth-order valence-electron chi connectivity index (χ4n) is 2.25. The molecule has 0 aliphatic heterocycles. The number of benzene rings is 1. The molecular formula is C15H21N. The van der Waals surface area contributed by atoms with Crippen molar-refractivity contribution in [3.63, 3.8) is 0 Å². The number of hydrogen-bond donors (Lipinski definition) is 1. The highest BCUT2D eigenvalue weighted by molar-refractivity contribution is 5.83. The number of nitrogens with one attached hydrogen (secondary N) is 1. The van der Waals surface area contributed by atoms with Crippen LogP contribution >= 0.6 is 0 Å². The van der Waals surface area contributed by atoms with Crippen LogP contribution in [0.2, 0.25) is 0 Å². The first-order valence-electron chi connectivity index (χ1n) is 6.08. The second-order valence-corrected chi connectivity index (χ2v) is 5.78. The molecule has 1 aromatic heterocycles. The van der Waals surface area contributed by atoms with E-state index in [0.29, 0.717) is 5.41 Å². The fraction of sp³-hybridized carbons (Fsp3) is 0.467. The molecule has 1 N–H and O–H groups in total. The molecule has 0 saturated carbocycles. The molecule has 2 aromatic rings. The van der Waals surface area contributed by atoms with Crippen molar-refractivity contribution in [2.24, 2.45) is 5.41 Å². The van der Waals surface area contributed by atoms with Crippen LogP contribution in [0.25, 0.3) is 10.9 Å². The van der Waals surface area contributed by atoms with Crippen molar-refractivity contribution < 1.29 is 0 Å². The highest BCUT2D eigenvalue weighted by Gasteiger charge is 2.12. The van der Waals surface area contributed by atoms with E-state index in [1.54, 1.807) is 0 Å². The van der Waals surface area contributed by atoms with Crippen molar-refractivity contribution in [3.05, 3.63) is 35.5 Å². The molecule has 0 saturated heterocycles. The molecule has 0 unspecified atom stereocenters. The Labute approximate surface area is 97.9 Å². The average Bonchev–Trinajstić information content (AvgIpc) is 2.57. The van der Waals surface area contributed by atoms with Crippen LogP contribution in [0.15, 0.2) is 24.4 Å². The van der Waals surface area contributed by atoms with E-state index in [1.807, 2.05) is 0 Å². The number of rotatable bonds is 2. The summed E-state index contributed by atoms with van der Waals surface area (Å²) >= 11 is 0. The Morgan fingerprint density at radius 2 is 1.94 bits per heavy atom. The van der Waals surface area contributed by atoms with E-state index in [4.69, 9.17) is 0 Å². The summed E-state index contributed by atoms with van der Waals surface area (Å²) < 4.78 is 0. The minimum Gasteiger partial charge on any atom is -0.361 e. The van der Waals surface area contributed by atoms with Gasteiger partial charge in [0.2, 0.25) is 0 Å². The molecule has 0 atom stereocenters. The van der Waals surface area contributed by atoms with Gasteiger partial charge in [-0.05, 0) is 35.4 Å². The summed E-state index contributed by atoms with van der Waals surface area (Å²) in [5, 5.41) is 1.38. The lowest BCUT2D eigenvalue weighted by Crippen LogP contribution is -2.08. The summed E-state index contributed by atoms with van der Waals surface area (Å²) in [6.07, 6.45) is 4.35. The SMILES string of the molecule is CCc1c[nH]c2cc(CC(C)(C)C)ccc12. The summed E-state index contributed by atoms with van der Waals surface area (Å²) in [7, 11) is 0. The Morgan fingerprint density at radius 1 is 1.19 bits per heavy atom. The molecule has 1 nitrogen and oxygen atoms in total. The maximum Gasteiger partial charge on any atom is 0.0459 e. The van der Waals surface area contributed by atoms with E-state index in [-0.39, 0.29) is 0 Å². The molecule has 0 aliphatic rings. The number of fused-ring (bicyclic) bond motifs is 1. The predicted octanol–water partition coefficient (Wildman–Crippen LogP) is 4.32. The second kappa shape index (κ2) is 3.97. The lowest BCUT2D eigenvalue weighted by molar-refractivity contribution is 0.411. The van der Waals surface area contributed by atoms with Gasteiger partial charge in [-0.1, -0.05) is 39.8 Å². The van der Waals surface area contributed by atoms with Crippen molar-refractivity contribution >= 4 is 10.9 Å². The molecule has 1 heterocycles. The van der Waals surface area contributed by atoms with Gasteiger partial charge in [0.1, 0.15) is 0 Å². The summed E-state index contributed by atoms with van der Waals surface area (Å²) in [5.41, 5.74) is 4.47. The number of aryl methyl sites for hydroxylation is 1. The van der Waals surface area contributed by atoms with E-state index in [0.717, 1.165) is 12.8 Å². The predicted molar refractivity (Wildman–Crippen MR) is 70.8 cm³/mol. The Bertz CT molecular complexity index is 486. The van der Waals surface area contributed by atoms with Gasteiger partial charge in [-0.15, -0.1) is 0 Å². The van der Waals surface area contributed by atoms with Gasteiger partial charge in [0.15, 0.2) is 0 Å². The zero-order valence-corrected chi connectivity index (χ0v) is 10.7. The van der Waals surface area contributed by atoms with Crippen LogP contribution in [0.4, 0.5) is 0 Å². The largest absolute Gasteiger partial charge is 0.361 e. The van der Waals surface area contributed by atoms with Crippen LogP contribution in [-0.2, 0) is 12.8 Å². The third-order valence-electron chi connectivity index (χ3n) is 2.95. The summed E-state index contributed by atoms with van der Waals surface area (Å²) in [4.78, 5) is 3.37. The Kier molecular flexibility index (Phi) is 2.79. The third kappa shape index (κ3) is 2.29. The molecule has 1 heteroatoms. The van der Waals surface area contributed by atoms with Crippen molar-refractivity contribution in [1.82, 2.24) is 4.98 Å². The molecule has 0 amide bonds. The van der Waals surface area contributed by atoms with E-state index in [1.165, 1.54) is 22.0 Å². The summed E-state index contributed by atoms with van der Waals surface area (Å²) in [5.74, 6) is 0. The van der Waals surface area contributed by atoms with Gasteiger partial charge in [0, 0.05) is 17.1 Å². The molecule has 0 aliphatic carbocycles. The van der Waals surface area contributed by atoms with E-state index in [9.17, 15) is 0 Å². The van der Waals surface area contributed by atoms with Crippen LogP contribution in [0.1, 0.15) is 38.8 Å². The normalized spacial score (nSPS) is 12.2. The lowest BCUT2D eigenvalue weighted by atomic mass is 9.88. The molecule has 0 fully saturated rings. The highest BCUT2D eigenvalue weighted by atomic mass is 14.7. The van der Waals surface area contributed by atoms with Gasteiger partial charge in [-0.25, -0.2) is 0 Å². The maximum atomic E-state index is 3.37. The second-order valence-electron chi connectivity index (χ2n) is 5.78. The standard InChI is InChI=1S/C15H21N/c1-5-12-10-16-14-8-11(6-7-13(12)14)9-15(2,3)4/h6-8,10,16H,5,9H2,1-4H3. The first kappa shape index (κ1) is 11.3. The molecule has 0 spiro atoms. The molecule has 86 valence electrons. The van der Waals surface area contributed by atoms with Crippen molar-refractivity contribution in [2.45, 2.75) is 40.5 Å². The summed E-state index contributed by atoms with van der Waals surface area (Å²) in [6, 6.07) is 6.81. The first-order chi connectivity index (χ1) is 7.49. The quantitative estimate of drug-likeness (QED) is 0.768. The van der Waals surface area contributed by atoms with Crippen molar-refractivity contribution in [3.8, 4) is 0 Å².